The van der Waals surface area contributed by atoms with Gasteiger partial charge in [-0.1, -0.05) is 29.8 Å². The molecule has 0 spiro atoms. The van der Waals surface area contributed by atoms with Gasteiger partial charge in [0.15, 0.2) is 5.69 Å². The molecule has 0 fully saturated rings. The van der Waals surface area contributed by atoms with Gasteiger partial charge >= 0.3 is 5.97 Å². The van der Waals surface area contributed by atoms with Crippen molar-refractivity contribution in [1.82, 2.24) is 9.78 Å². The quantitative estimate of drug-likeness (QED) is 0.645. The van der Waals surface area contributed by atoms with Crippen molar-refractivity contribution in [2.24, 2.45) is 0 Å². The Morgan fingerprint density at radius 3 is 2.73 bits per heavy atom. The van der Waals surface area contributed by atoms with E-state index in [1.54, 1.807) is 24.7 Å². The van der Waals surface area contributed by atoms with Crippen molar-refractivity contribution in [3.63, 3.8) is 0 Å². The topological polar surface area (TPSA) is 73.2 Å². The number of nitrogens with one attached hydrogen (secondary N) is 1. The smallest absolute Gasteiger partial charge is 0.361 e. The maximum absolute atomic E-state index is 12.7. The number of carbonyl (C=O) groups excluding carboxylic acids is 2. The molecule has 0 atom stereocenters. The number of halogens is 1. The Hall–Kier alpha value is -2.38. The minimum atomic E-state index is -0.579. The number of carbonyl (C=O) groups is 2. The second-order valence-electron chi connectivity index (χ2n) is 5.90. The van der Waals surface area contributed by atoms with E-state index in [-0.39, 0.29) is 17.7 Å². The van der Waals surface area contributed by atoms with E-state index in [2.05, 4.69) is 10.4 Å². The van der Waals surface area contributed by atoms with E-state index in [9.17, 15) is 9.59 Å². The summed E-state index contributed by atoms with van der Waals surface area (Å²) in [5, 5.41) is 8.16. The fourth-order valence-electron chi connectivity index (χ4n) is 2.43. The summed E-state index contributed by atoms with van der Waals surface area (Å²) in [6.07, 6.45) is 1.32. The number of esters is 1. The maximum Gasteiger partial charge on any atom is 0.361 e. The molecule has 0 aliphatic heterocycles. The lowest BCUT2D eigenvalue weighted by Crippen LogP contribution is -2.17. The molecular formula is C18H18ClN3O3S. The van der Waals surface area contributed by atoms with E-state index < -0.39 is 5.97 Å². The van der Waals surface area contributed by atoms with E-state index in [0.717, 1.165) is 10.1 Å². The van der Waals surface area contributed by atoms with Gasteiger partial charge in [0, 0.05) is 22.8 Å². The van der Waals surface area contributed by atoms with Crippen LogP contribution in [0.15, 0.2) is 30.5 Å². The van der Waals surface area contributed by atoms with Gasteiger partial charge in [0.25, 0.3) is 5.91 Å². The highest BCUT2D eigenvalue weighted by Gasteiger charge is 2.23. The van der Waals surface area contributed by atoms with E-state index in [1.807, 2.05) is 31.2 Å². The number of rotatable bonds is 5. The third-order valence-corrected chi connectivity index (χ3v) is 5.29. The van der Waals surface area contributed by atoms with Crippen molar-refractivity contribution in [1.29, 1.82) is 0 Å². The molecule has 0 saturated carbocycles. The van der Waals surface area contributed by atoms with Crippen molar-refractivity contribution in [3.05, 3.63) is 46.1 Å². The Morgan fingerprint density at radius 2 is 2.08 bits per heavy atom. The Bertz CT molecular complexity index is 977. The molecule has 136 valence electrons. The lowest BCUT2D eigenvalue weighted by atomic mass is 10.2. The molecule has 26 heavy (non-hydrogen) atoms. The molecule has 1 aromatic carbocycles. The van der Waals surface area contributed by atoms with Crippen LogP contribution in [0.25, 0.3) is 10.1 Å². The van der Waals surface area contributed by atoms with Crippen LogP contribution in [0.4, 0.5) is 5.69 Å². The third-order valence-electron chi connectivity index (χ3n) is 3.61. The van der Waals surface area contributed by atoms with Gasteiger partial charge in [0.2, 0.25) is 0 Å². The van der Waals surface area contributed by atoms with Crippen LogP contribution in [0.3, 0.4) is 0 Å². The number of thiophene rings is 1. The molecular weight excluding hydrogens is 374 g/mol. The fourth-order valence-corrected chi connectivity index (χ4v) is 3.85. The van der Waals surface area contributed by atoms with Crippen LogP contribution in [0.2, 0.25) is 5.02 Å². The first kappa shape index (κ1) is 18.4. The summed E-state index contributed by atoms with van der Waals surface area (Å²) in [6.45, 7) is 5.95. The van der Waals surface area contributed by atoms with Crippen molar-refractivity contribution in [3.8, 4) is 0 Å². The number of aryl methyl sites for hydroxylation is 1. The van der Waals surface area contributed by atoms with Crippen LogP contribution in [0.5, 0.6) is 0 Å². The zero-order chi connectivity index (χ0) is 18.8. The highest BCUT2D eigenvalue weighted by Crippen LogP contribution is 2.35. The number of hydrogen-bond donors (Lipinski definition) is 1. The standard InChI is InChI=1S/C18H18ClN3O3S/c1-4-22-9-12(15(21-22)18(24)25-10(2)3)20-17(23)16-14(19)11-7-5-6-8-13(11)26-16/h5-10H,4H2,1-3H3,(H,20,23). The van der Waals surface area contributed by atoms with Crippen LogP contribution in [-0.2, 0) is 11.3 Å². The molecule has 0 aliphatic rings. The summed E-state index contributed by atoms with van der Waals surface area (Å²) in [5.41, 5.74) is 0.377. The summed E-state index contributed by atoms with van der Waals surface area (Å²) in [4.78, 5) is 25.4. The van der Waals surface area contributed by atoms with Crippen LogP contribution in [0.1, 0.15) is 40.9 Å². The average Bonchev–Trinajstić information content (AvgIpc) is 3.16. The molecule has 1 amide bonds. The lowest BCUT2D eigenvalue weighted by Gasteiger charge is -2.07. The van der Waals surface area contributed by atoms with Crippen molar-refractivity contribution < 1.29 is 14.3 Å². The number of nitrogens with zero attached hydrogens (tertiary/aromatic N) is 2. The summed E-state index contributed by atoms with van der Waals surface area (Å²) < 4.78 is 7.70. The van der Waals surface area contributed by atoms with Crippen molar-refractivity contribution >= 4 is 50.6 Å². The number of anilines is 1. The predicted molar refractivity (Wildman–Crippen MR) is 103 cm³/mol. The summed E-state index contributed by atoms with van der Waals surface area (Å²) in [5.74, 6) is -0.963. The molecule has 0 radical (unpaired) electrons. The Morgan fingerprint density at radius 1 is 1.35 bits per heavy atom. The molecule has 0 aliphatic carbocycles. The van der Waals surface area contributed by atoms with E-state index in [4.69, 9.17) is 16.3 Å². The first-order valence-electron chi connectivity index (χ1n) is 8.17. The monoisotopic (exact) mass is 391 g/mol. The van der Waals surface area contributed by atoms with Crippen molar-refractivity contribution in [2.45, 2.75) is 33.4 Å². The van der Waals surface area contributed by atoms with Crippen LogP contribution >= 0.6 is 22.9 Å². The molecule has 2 heterocycles. The third kappa shape index (κ3) is 3.59. The number of amides is 1. The molecule has 0 unspecified atom stereocenters. The summed E-state index contributed by atoms with van der Waals surface area (Å²) >= 11 is 7.66. The highest BCUT2D eigenvalue weighted by atomic mass is 35.5. The molecule has 2 aromatic heterocycles. The highest BCUT2D eigenvalue weighted by molar-refractivity contribution is 7.21. The van der Waals surface area contributed by atoms with Crippen LogP contribution in [-0.4, -0.2) is 27.8 Å². The number of benzene rings is 1. The first-order chi connectivity index (χ1) is 12.4. The maximum atomic E-state index is 12.7. The first-order valence-corrected chi connectivity index (χ1v) is 9.37. The number of hydrogen-bond acceptors (Lipinski definition) is 5. The molecule has 8 heteroatoms. The number of ether oxygens (including phenoxy) is 1. The SMILES string of the molecule is CCn1cc(NC(=O)c2sc3ccccc3c2Cl)c(C(=O)OC(C)C)n1. The normalized spacial score (nSPS) is 11.1. The second kappa shape index (κ2) is 7.47. The van der Waals surface area contributed by atoms with E-state index >= 15 is 0 Å². The Balaban J connectivity index is 1.92. The van der Waals surface area contributed by atoms with E-state index in [0.29, 0.717) is 22.1 Å². The fraction of sp³-hybridized carbons (Fsp3) is 0.278. The molecule has 0 bridgehead atoms. The molecule has 1 N–H and O–H groups in total. The minimum absolute atomic E-state index is 0.0751. The van der Waals surface area contributed by atoms with Gasteiger partial charge in [-0.3, -0.25) is 9.48 Å². The van der Waals surface area contributed by atoms with Gasteiger partial charge in [-0.15, -0.1) is 11.3 Å². The summed E-state index contributed by atoms with van der Waals surface area (Å²) in [7, 11) is 0. The predicted octanol–water partition coefficient (Wildman–Crippen LogP) is 4.59. The number of aromatic nitrogens is 2. The van der Waals surface area contributed by atoms with Gasteiger partial charge in [-0.2, -0.15) is 5.10 Å². The average molecular weight is 392 g/mol. The zero-order valence-electron chi connectivity index (χ0n) is 14.6. The molecule has 3 aromatic rings. The number of fused-ring (bicyclic) bond motifs is 1. The van der Waals surface area contributed by atoms with Crippen LogP contribution < -0.4 is 5.32 Å². The molecule has 0 saturated heterocycles. The Labute approximate surface area is 159 Å². The molecule has 3 rings (SSSR count). The minimum Gasteiger partial charge on any atom is -0.458 e. The van der Waals surface area contributed by atoms with Gasteiger partial charge in [0.1, 0.15) is 4.88 Å². The van der Waals surface area contributed by atoms with Gasteiger partial charge in [-0.25, -0.2) is 4.79 Å². The zero-order valence-corrected chi connectivity index (χ0v) is 16.1. The molecule has 6 nitrogen and oxygen atoms in total. The summed E-state index contributed by atoms with van der Waals surface area (Å²) in [6, 6.07) is 7.53. The van der Waals surface area contributed by atoms with Gasteiger partial charge < -0.3 is 10.1 Å². The van der Waals surface area contributed by atoms with Crippen LogP contribution in [0, 0.1) is 0 Å². The van der Waals surface area contributed by atoms with Gasteiger partial charge in [-0.05, 0) is 26.8 Å². The second-order valence-corrected chi connectivity index (χ2v) is 7.33. The Kier molecular flexibility index (Phi) is 5.29. The lowest BCUT2D eigenvalue weighted by molar-refractivity contribution is 0.0371. The van der Waals surface area contributed by atoms with Gasteiger partial charge in [0.05, 0.1) is 16.8 Å². The largest absolute Gasteiger partial charge is 0.458 e. The van der Waals surface area contributed by atoms with Crippen molar-refractivity contribution in [2.75, 3.05) is 5.32 Å². The van der Waals surface area contributed by atoms with E-state index in [1.165, 1.54) is 11.3 Å².